The zero-order valence-corrected chi connectivity index (χ0v) is 12.5. The highest BCUT2D eigenvalue weighted by Crippen LogP contribution is 2.19. The normalized spacial score (nSPS) is 17.6. The zero-order chi connectivity index (χ0) is 14.5. The lowest BCUT2D eigenvalue weighted by atomic mass is 10.2. The van der Waals surface area contributed by atoms with Gasteiger partial charge in [0.1, 0.15) is 0 Å². The Kier molecular flexibility index (Phi) is 4.47. The van der Waals surface area contributed by atoms with Gasteiger partial charge in [-0.15, -0.1) is 0 Å². The number of anilines is 1. The molecule has 2 aromatic rings. The standard InChI is InChI=1S/C15H18N4OS/c21-15(16-10-12-7-4-8-20-12)17-14-9-13(18-19-14)11-5-2-1-3-6-11/h1-3,5-6,9,12H,4,7-8,10H2,(H3,16,17,18,19,21)/t12-/m0/s1. The van der Waals surface area contributed by atoms with Gasteiger partial charge in [-0.05, 0) is 30.6 Å². The maximum absolute atomic E-state index is 5.54. The van der Waals surface area contributed by atoms with Crippen molar-refractivity contribution in [3.05, 3.63) is 36.4 Å². The van der Waals surface area contributed by atoms with Crippen molar-refractivity contribution in [1.82, 2.24) is 15.5 Å². The van der Waals surface area contributed by atoms with Gasteiger partial charge in [0.25, 0.3) is 0 Å². The van der Waals surface area contributed by atoms with Crippen LogP contribution in [-0.4, -0.2) is 34.6 Å². The van der Waals surface area contributed by atoms with Gasteiger partial charge in [-0.3, -0.25) is 5.10 Å². The summed E-state index contributed by atoms with van der Waals surface area (Å²) in [5.74, 6) is 0.707. The minimum absolute atomic E-state index is 0.267. The lowest BCUT2D eigenvalue weighted by Gasteiger charge is -2.12. The summed E-state index contributed by atoms with van der Waals surface area (Å²) in [5.41, 5.74) is 2.05. The average Bonchev–Trinajstić information content (AvgIpc) is 3.17. The van der Waals surface area contributed by atoms with Gasteiger partial charge in [0, 0.05) is 19.2 Å². The first-order valence-electron chi connectivity index (χ1n) is 7.08. The number of nitrogens with zero attached hydrogens (tertiary/aromatic N) is 1. The van der Waals surface area contributed by atoms with Crippen LogP contribution in [0, 0.1) is 0 Å². The monoisotopic (exact) mass is 302 g/mol. The molecule has 1 aromatic carbocycles. The Hall–Kier alpha value is -1.92. The first kappa shape index (κ1) is 14.0. The summed E-state index contributed by atoms with van der Waals surface area (Å²) in [6.07, 6.45) is 2.49. The van der Waals surface area contributed by atoms with E-state index >= 15 is 0 Å². The molecule has 0 saturated carbocycles. The number of aromatic nitrogens is 2. The topological polar surface area (TPSA) is 62.0 Å². The number of benzene rings is 1. The van der Waals surface area contributed by atoms with Crippen LogP contribution in [0.4, 0.5) is 5.82 Å². The molecule has 1 aromatic heterocycles. The van der Waals surface area contributed by atoms with Gasteiger partial charge in [-0.2, -0.15) is 5.10 Å². The van der Waals surface area contributed by atoms with Crippen molar-refractivity contribution in [2.45, 2.75) is 18.9 Å². The highest BCUT2D eigenvalue weighted by molar-refractivity contribution is 7.80. The molecule has 3 rings (SSSR count). The van der Waals surface area contributed by atoms with Gasteiger partial charge >= 0.3 is 0 Å². The largest absolute Gasteiger partial charge is 0.376 e. The highest BCUT2D eigenvalue weighted by atomic mass is 32.1. The molecule has 0 bridgehead atoms. The van der Waals surface area contributed by atoms with Gasteiger partial charge in [0.05, 0.1) is 11.8 Å². The van der Waals surface area contributed by atoms with E-state index in [1.54, 1.807) is 0 Å². The molecule has 0 unspecified atom stereocenters. The maximum Gasteiger partial charge on any atom is 0.172 e. The van der Waals surface area contributed by atoms with E-state index in [1.165, 1.54) is 0 Å². The van der Waals surface area contributed by atoms with E-state index in [0.29, 0.717) is 10.9 Å². The van der Waals surface area contributed by atoms with Crippen molar-refractivity contribution in [1.29, 1.82) is 0 Å². The molecular formula is C15H18N4OS. The van der Waals surface area contributed by atoms with E-state index in [1.807, 2.05) is 36.4 Å². The molecule has 0 aliphatic carbocycles. The zero-order valence-electron chi connectivity index (χ0n) is 11.6. The third-order valence-corrected chi connectivity index (χ3v) is 3.66. The summed E-state index contributed by atoms with van der Waals surface area (Å²) in [6, 6.07) is 12.0. The second-order valence-corrected chi connectivity index (χ2v) is 5.41. The molecule has 0 amide bonds. The van der Waals surface area contributed by atoms with E-state index in [-0.39, 0.29) is 6.10 Å². The van der Waals surface area contributed by atoms with Crippen LogP contribution >= 0.6 is 12.2 Å². The number of hydrogen-bond donors (Lipinski definition) is 3. The van der Waals surface area contributed by atoms with Crippen molar-refractivity contribution in [2.24, 2.45) is 0 Å². The van der Waals surface area contributed by atoms with Crippen LogP contribution in [0.2, 0.25) is 0 Å². The fourth-order valence-corrected chi connectivity index (χ4v) is 2.51. The molecule has 3 N–H and O–H groups in total. The van der Waals surface area contributed by atoms with Crippen molar-refractivity contribution in [3.8, 4) is 11.3 Å². The number of ether oxygens (including phenoxy) is 1. The molecule has 110 valence electrons. The molecule has 21 heavy (non-hydrogen) atoms. The molecule has 0 spiro atoms. The quantitative estimate of drug-likeness (QED) is 0.758. The number of hydrogen-bond acceptors (Lipinski definition) is 3. The minimum atomic E-state index is 0.267. The molecule has 2 heterocycles. The fourth-order valence-electron chi connectivity index (χ4n) is 2.32. The van der Waals surface area contributed by atoms with Gasteiger partial charge < -0.3 is 15.4 Å². The van der Waals surface area contributed by atoms with Crippen molar-refractivity contribution in [3.63, 3.8) is 0 Å². The van der Waals surface area contributed by atoms with Gasteiger partial charge in [0.15, 0.2) is 10.9 Å². The lowest BCUT2D eigenvalue weighted by molar-refractivity contribution is 0.114. The van der Waals surface area contributed by atoms with Crippen LogP contribution in [0.3, 0.4) is 0 Å². The number of aromatic amines is 1. The Bertz CT molecular complexity index is 593. The number of nitrogens with one attached hydrogen (secondary N) is 3. The molecule has 0 radical (unpaired) electrons. The van der Waals surface area contributed by atoms with Crippen LogP contribution in [0.1, 0.15) is 12.8 Å². The van der Waals surface area contributed by atoms with Crippen molar-refractivity contribution < 1.29 is 4.74 Å². The summed E-state index contributed by atoms with van der Waals surface area (Å²) in [6.45, 7) is 1.59. The summed E-state index contributed by atoms with van der Waals surface area (Å²) in [5, 5.41) is 14.0. The molecule has 1 fully saturated rings. The Balaban J connectivity index is 1.53. The van der Waals surface area contributed by atoms with E-state index in [2.05, 4.69) is 20.8 Å². The van der Waals surface area contributed by atoms with Crippen molar-refractivity contribution in [2.75, 3.05) is 18.5 Å². The Morgan fingerprint density at radius 1 is 1.38 bits per heavy atom. The number of rotatable bonds is 4. The number of thiocarbonyl (C=S) groups is 1. The van der Waals surface area contributed by atoms with E-state index in [4.69, 9.17) is 17.0 Å². The van der Waals surface area contributed by atoms with E-state index < -0.39 is 0 Å². The summed E-state index contributed by atoms with van der Waals surface area (Å²) in [4.78, 5) is 0. The smallest absolute Gasteiger partial charge is 0.172 e. The Morgan fingerprint density at radius 2 is 2.24 bits per heavy atom. The van der Waals surface area contributed by atoms with E-state index in [9.17, 15) is 0 Å². The molecule has 1 aliphatic heterocycles. The van der Waals surface area contributed by atoms with E-state index in [0.717, 1.165) is 37.3 Å². The van der Waals surface area contributed by atoms with Gasteiger partial charge in [0.2, 0.25) is 0 Å². The first-order valence-corrected chi connectivity index (χ1v) is 7.49. The Labute approximate surface area is 129 Å². The molecule has 5 nitrogen and oxygen atoms in total. The molecule has 1 atom stereocenters. The van der Waals surface area contributed by atoms with Crippen LogP contribution in [0.25, 0.3) is 11.3 Å². The number of H-pyrrole nitrogens is 1. The fraction of sp³-hybridized carbons (Fsp3) is 0.333. The Morgan fingerprint density at radius 3 is 3.00 bits per heavy atom. The molecule has 1 saturated heterocycles. The summed E-state index contributed by atoms with van der Waals surface area (Å²) < 4.78 is 5.54. The van der Waals surface area contributed by atoms with Crippen LogP contribution in [0.5, 0.6) is 0 Å². The highest BCUT2D eigenvalue weighted by Gasteiger charge is 2.15. The average molecular weight is 302 g/mol. The third kappa shape index (κ3) is 3.80. The molecule has 6 heteroatoms. The first-order chi connectivity index (χ1) is 10.3. The second kappa shape index (κ2) is 6.69. The van der Waals surface area contributed by atoms with Crippen molar-refractivity contribution >= 4 is 23.1 Å². The summed E-state index contributed by atoms with van der Waals surface area (Å²) >= 11 is 5.26. The predicted octanol–water partition coefficient (Wildman–Crippen LogP) is 2.54. The van der Waals surface area contributed by atoms with Crippen LogP contribution < -0.4 is 10.6 Å². The maximum atomic E-state index is 5.54. The predicted molar refractivity (Wildman–Crippen MR) is 87.2 cm³/mol. The lowest BCUT2D eigenvalue weighted by Crippen LogP contribution is -2.34. The summed E-state index contributed by atoms with van der Waals surface area (Å²) in [7, 11) is 0. The minimum Gasteiger partial charge on any atom is -0.376 e. The van der Waals surface area contributed by atoms with Gasteiger partial charge in [-0.25, -0.2) is 0 Å². The SMILES string of the molecule is S=C(NC[C@@H]1CCCO1)Nc1cc(-c2ccccc2)[nH]n1. The molecular weight excluding hydrogens is 284 g/mol. The molecule has 1 aliphatic rings. The van der Waals surface area contributed by atoms with Gasteiger partial charge in [-0.1, -0.05) is 30.3 Å². The third-order valence-electron chi connectivity index (χ3n) is 3.42. The second-order valence-electron chi connectivity index (χ2n) is 5.00. The van der Waals surface area contributed by atoms with Crippen LogP contribution in [0.15, 0.2) is 36.4 Å². The van der Waals surface area contributed by atoms with Crippen LogP contribution in [-0.2, 0) is 4.74 Å².